The summed E-state index contributed by atoms with van der Waals surface area (Å²) >= 11 is 4.52. The van der Waals surface area contributed by atoms with Crippen molar-refractivity contribution < 1.29 is 12.8 Å². The van der Waals surface area contributed by atoms with E-state index >= 15 is 0 Å². The number of nitrogens with one attached hydrogen (secondary N) is 1. The van der Waals surface area contributed by atoms with Crippen LogP contribution >= 0.6 is 12.2 Å². The first-order chi connectivity index (χ1) is 7.43. The number of oxazole rings is 1. The Morgan fingerprint density at radius 2 is 2.38 bits per heavy atom. The Morgan fingerprint density at radius 1 is 1.69 bits per heavy atom. The van der Waals surface area contributed by atoms with Gasteiger partial charge in [0.15, 0.2) is 0 Å². The van der Waals surface area contributed by atoms with E-state index in [9.17, 15) is 8.42 Å². The van der Waals surface area contributed by atoms with Crippen LogP contribution in [0.5, 0.6) is 0 Å². The lowest BCUT2D eigenvalue weighted by Gasteiger charge is -2.02. The highest BCUT2D eigenvalue weighted by Crippen LogP contribution is 2.04. The number of nitrogens with two attached hydrogens (primary N) is 1. The van der Waals surface area contributed by atoms with Crippen molar-refractivity contribution in [2.45, 2.75) is 19.9 Å². The van der Waals surface area contributed by atoms with E-state index in [0.717, 1.165) is 0 Å². The van der Waals surface area contributed by atoms with E-state index in [2.05, 4.69) is 21.9 Å². The van der Waals surface area contributed by atoms with Gasteiger partial charge in [-0.2, -0.15) is 0 Å². The molecule has 1 aromatic rings. The van der Waals surface area contributed by atoms with Gasteiger partial charge in [0, 0.05) is 6.42 Å². The molecule has 0 spiro atoms. The fraction of sp³-hybridized carbons (Fsp3) is 0.500. The van der Waals surface area contributed by atoms with Gasteiger partial charge in [-0.25, -0.2) is 18.1 Å². The Bertz CT molecular complexity index is 467. The quantitative estimate of drug-likeness (QED) is 0.698. The summed E-state index contributed by atoms with van der Waals surface area (Å²) in [6.07, 6.45) is 2.28. The summed E-state index contributed by atoms with van der Waals surface area (Å²) in [4.78, 5) is 3.84. The van der Waals surface area contributed by atoms with Crippen molar-refractivity contribution in [2.75, 3.05) is 5.75 Å². The predicted octanol–water partition coefficient (Wildman–Crippen LogP) is -0.0575. The lowest BCUT2D eigenvalue weighted by atomic mass is 10.4. The van der Waals surface area contributed by atoms with Crippen LogP contribution in [-0.2, 0) is 23.0 Å². The van der Waals surface area contributed by atoms with Crippen molar-refractivity contribution in [2.24, 2.45) is 5.73 Å². The molecule has 0 unspecified atom stereocenters. The maximum absolute atomic E-state index is 11.3. The molecule has 0 atom stereocenters. The van der Waals surface area contributed by atoms with E-state index in [1.54, 1.807) is 6.20 Å². The van der Waals surface area contributed by atoms with Crippen molar-refractivity contribution in [1.82, 2.24) is 9.71 Å². The summed E-state index contributed by atoms with van der Waals surface area (Å²) in [5.41, 5.74) is 5.15. The summed E-state index contributed by atoms with van der Waals surface area (Å²) < 4.78 is 30.2. The van der Waals surface area contributed by atoms with Crippen LogP contribution in [0.15, 0.2) is 10.6 Å². The lowest BCUT2D eigenvalue weighted by molar-refractivity contribution is 0.452. The summed E-state index contributed by atoms with van der Waals surface area (Å²) in [5, 5.41) is 0. The second kappa shape index (κ2) is 5.37. The van der Waals surface area contributed by atoms with Crippen molar-refractivity contribution in [3.8, 4) is 0 Å². The van der Waals surface area contributed by atoms with Crippen LogP contribution in [0.2, 0.25) is 0 Å². The fourth-order valence-electron chi connectivity index (χ4n) is 1.00. The number of hydrogen-bond acceptors (Lipinski definition) is 5. The molecule has 6 nitrogen and oxygen atoms in total. The third-order valence-electron chi connectivity index (χ3n) is 1.73. The molecular formula is C8H13N3O3S2. The van der Waals surface area contributed by atoms with Gasteiger partial charge in [-0.05, 0) is 0 Å². The molecule has 0 amide bonds. The zero-order valence-corrected chi connectivity index (χ0v) is 10.4. The van der Waals surface area contributed by atoms with Gasteiger partial charge in [0.25, 0.3) is 0 Å². The predicted molar refractivity (Wildman–Crippen MR) is 63.3 cm³/mol. The van der Waals surface area contributed by atoms with Crippen LogP contribution in [-0.4, -0.2) is 24.1 Å². The minimum atomic E-state index is -3.49. The minimum absolute atomic E-state index is 0.00491. The SMILES string of the molecule is CCc1cnc(CNS(=O)(=O)CC(N)=S)o1. The van der Waals surface area contributed by atoms with Gasteiger partial charge in [0.2, 0.25) is 15.9 Å². The molecule has 0 saturated heterocycles. The Hall–Kier alpha value is -0.990. The van der Waals surface area contributed by atoms with Crippen molar-refractivity contribution >= 4 is 27.2 Å². The molecule has 1 heterocycles. The molecule has 0 saturated carbocycles. The van der Waals surface area contributed by atoms with Gasteiger partial charge >= 0.3 is 0 Å². The molecule has 16 heavy (non-hydrogen) atoms. The Labute approximate surface area is 99.3 Å². The summed E-state index contributed by atoms with van der Waals surface area (Å²) in [6.45, 7) is 1.92. The summed E-state index contributed by atoms with van der Waals surface area (Å²) in [7, 11) is -3.49. The number of rotatable bonds is 6. The largest absolute Gasteiger partial charge is 0.444 e. The van der Waals surface area contributed by atoms with Gasteiger partial charge in [-0.15, -0.1) is 0 Å². The average Bonchev–Trinajstić information content (AvgIpc) is 2.60. The molecule has 0 aliphatic heterocycles. The molecule has 90 valence electrons. The van der Waals surface area contributed by atoms with E-state index < -0.39 is 10.0 Å². The molecule has 1 rings (SSSR count). The summed E-state index contributed by atoms with van der Waals surface area (Å²) in [6, 6.07) is 0. The third-order valence-corrected chi connectivity index (χ3v) is 3.33. The van der Waals surface area contributed by atoms with Gasteiger partial charge in [-0.1, -0.05) is 19.1 Å². The van der Waals surface area contributed by atoms with Gasteiger partial charge in [0.1, 0.15) is 11.5 Å². The monoisotopic (exact) mass is 263 g/mol. The van der Waals surface area contributed by atoms with E-state index in [1.807, 2.05) is 6.92 Å². The van der Waals surface area contributed by atoms with Crippen molar-refractivity contribution in [3.63, 3.8) is 0 Å². The Morgan fingerprint density at radius 3 is 2.88 bits per heavy atom. The summed E-state index contributed by atoms with van der Waals surface area (Å²) in [5.74, 6) is 0.663. The first kappa shape index (κ1) is 13.1. The maximum atomic E-state index is 11.3. The van der Waals surface area contributed by atoms with E-state index in [4.69, 9.17) is 10.2 Å². The molecule has 0 aliphatic rings. The van der Waals surface area contributed by atoms with E-state index in [-0.39, 0.29) is 17.3 Å². The van der Waals surface area contributed by atoms with Crippen LogP contribution in [0.1, 0.15) is 18.6 Å². The highest BCUT2D eigenvalue weighted by atomic mass is 32.2. The normalized spacial score (nSPS) is 11.6. The highest BCUT2D eigenvalue weighted by Gasteiger charge is 2.13. The highest BCUT2D eigenvalue weighted by molar-refractivity contribution is 7.92. The van der Waals surface area contributed by atoms with Crippen LogP contribution < -0.4 is 10.5 Å². The van der Waals surface area contributed by atoms with E-state index in [1.165, 1.54) is 0 Å². The van der Waals surface area contributed by atoms with Gasteiger partial charge in [-0.3, -0.25) is 0 Å². The van der Waals surface area contributed by atoms with Gasteiger partial charge < -0.3 is 10.2 Å². The topological polar surface area (TPSA) is 98.2 Å². The molecular weight excluding hydrogens is 250 g/mol. The minimum Gasteiger partial charge on any atom is -0.444 e. The second-order valence-electron chi connectivity index (χ2n) is 3.12. The lowest BCUT2D eigenvalue weighted by Crippen LogP contribution is -2.32. The van der Waals surface area contributed by atoms with Crippen molar-refractivity contribution in [1.29, 1.82) is 0 Å². The molecule has 0 aliphatic carbocycles. The smallest absolute Gasteiger partial charge is 0.218 e. The third kappa shape index (κ3) is 4.25. The van der Waals surface area contributed by atoms with Crippen LogP contribution in [0.4, 0.5) is 0 Å². The zero-order chi connectivity index (χ0) is 12.2. The fourth-order valence-corrected chi connectivity index (χ4v) is 2.29. The Kier molecular flexibility index (Phi) is 4.39. The molecule has 3 N–H and O–H groups in total. The number of aryl methyl sites for hydroxylation is 1. The maximum Gasteiger partial charge on any atom is 0.218 e. The molecule has 0 radical (unpaired) electrons. The second-order valence-corrected chi connectivity index (χ2v) is 5.45. The standard InChI is InChI=1S/C8H13N3O3S2/c1-2-6-3-10-8(14-6)4-11-16(12,13)5-7(9)15/h3,11H,2,4-5H2,1H3,(H2,9,15). The Balaban J connectivity index is 2.54. The first-order valence-corrected chi connectivity index (χ1v) is 6.68. The van der Waals surface area contributed by atoms with E-state index in [0.29, 0.717) is 18.1 Å². The molecule has 8 heteroatoms. The van der Waals surface area contributed by atoms with Crippen LogP contribution in [0.25, 0.3) is 0 Å². The number of hydrogen-bond donors (Lipinski definition) is 2. The van der Waals surface area contributed by atoms with Gasteiger partial charge in [0.05, 0.1) is 17.7 Å². The molecule has 0 aromatic carbocycles. The van der Waals surface area contributed by atoms with Crippen LogP contribution in [0, 0.1) is 0 Å². The number of aromatic nitrogens is 1. The van der Waals surface area contributed by atoms with Crippen LogP contribution in [0.3, 0.4) is 0 Å². The molecule has 0 fully saturated rings. The zero-order valence-electron chi connectivity index (χ0n) is 8.76. The number of nitrogens with zero attached hydrogens (tertiary/aromatic N) is 1. The average molecular weight is 263 g/mol. The molecule has 1 aromatic heterocycles. The number of sulfonamides is 1. The number of thiocarbonyl (C=S) groups is 1. The molecule has 0 bridgehead atoms. The van der Waals surface area contributed by atoms with Crippen molar-refractivity contribution in [3.05, 3.63) is 17.8 Å². The first-order valence-electron chi connectivity index (χ1n) is 4.62.